The Labute approximate surface area is 176 Å². The van der Waals surface area contributed by atoms with Crippen LogP contribution in [0.4, 0.5) is 14.5 Å². The van der Waals surface area contributed by atoms with Crippen LogP contribution in [0.15, 0.2) is 6.20 Å². The van der Waals surface area contributed by atoms with E-state index in [0.29, 0.717) is 49.8 Å². The van der Waals surface area contributed by atoms with Gasteiger partial charge in [0.25, 0.3) is 0 Å². The van der Waals surface area contributed by atoms with Crippen LogP contribution in [-0.2, 0) is 4.74 Å². The number of hydrogen-bond donors (Lipinski definition) is 1. The zero-order chi connectivity index (χ0) is 20.7. The molecule has 1 aromatic heterocycles. The molecule has 6 heteroatoms. The van der Waals surface area contributed by atoms with Gasteiger partial charge in [0, 0.05) is 24.8 Å². The number of carbonyl (C=O) groups excluding carboxylic acids is 1. The summed E-state index contributed by atoms with van der Waals surface area (Å²) in [5.41, 5.74) is 0.239. The highest BCUT2D eigenvalue weighted by atomic mass is 19.2. The quantitative estimate of drug-likeness (QED) is 0.651. The van der Waals surface area contributed by atoms with Crippen molar-refractivity contribution in [2.75, 3.05) is 11.9 Å². The van der Waals surface area contributed by atoms with Crippen LogP contribution < -0.4 is 5.32 Å². The molecule has 8 rings (SSSR count). The SMILES string of the molecule is CCOC(=O)c1ncc(NC23CC4CC(F)(CC(F)(C4)C2)C3)c2c1C1CCC2CC1. The third kappa shape index (κ3) is 2.74. The van der Waals surface area contributed by atoms with E-state index in [-0.39, 0.29) is 18.3 Å². The van der Waals surface area contributed by atoms with Gasteiger partial charge in [-0.25, -0.2) is 18.6 Å². The third-order valence-electron chi connectivity index (χ3n) is 8.50. The number of pyridine rings is 1. The van der Waals surface area contributed by atoms with E-state index in [4.69, 9.17) is 4.74 Å². The highest BCUT2D eigenvalue weighted by molar-refractivity contribution is 5.90. The number of alkyl halides is 2. The number of aromatic nitrogens is 1. The van der Waals surface area contributed by atoms with Crippen molar-refractivity contribution in [1.82, 2.24) is 4.98 Å². The summed E-state index contributed by atoms with van der Waals surface area (Å²) in [6.45, 7) is 2.13. The van der Waals surface area contributed by atoms with Crippen LogP contribution in [0.5, 0.6) is 0 Å². The zero-order valence-electron chi connectivity index (χ0n) is 17.6. The van der Waals surface area contributed by atoms with Crippen molar-refractivity contribution in [3.8, 4) is 0 Å². The molecule has 0 spiro atoms. The summed E-state index contributed by atoms with van der Waals surface area (Å²) in [7, 11) is 0. The number of nitrogens with one attached hydrogen (secondary N) is 1. The van der Waals surface area contributed by atoms with E-state index in [0.717, 1.165) is 43.4 Å². The Morgan fingerprint density at radius 1 is 1.07 bits per heavy atom. The van der Waals surface area contributed by atoms with E-state index in [1.54, 1.807) is 13.1 Å². The lowest BCUT2D eigenvalue weighted by molar-refractivity contribution is -0.137. The number of halogens is 2. The maximum absolute atomic E-state index is 15.5. The minimum absolute atomic E-state index is 0.0583. The minimum atomic E-state index is -1.39. The number of esters is 1. The van der Waals surface area contributed by atoms with E-state index < -0.39 is 16.9 Å². The molecule has 5 saturated carbocycles. The van der Waals surface area contributed by atoms with Gasteiger partial charge in [0.1, 0.15) is 11.3 Å². The van der Waals surface area contributed by atoms with Crippen molar-refractivity contribution in [3.05, 3.63) is 23.0 Å². The van der Waals surface area contributed by atoms with Gasteiger partial charge >= 0.3 is 5.97 Å². The van der Waals surface area contributed by atoms with Crippen LogP contribution in [0.3, 0.4) is 0 Å². The standard InChI is InChI=1S/C24H30F2N2O2/c1-2-30-21(29)20-19-16-5-3-15(4-6-16)18(19)17(10-27-20)28-24-9-14-7-22(25,12-24)11-23(26,8-14)13-24/h10,14-16,28H,2-9,11-13H2,1H3. The van der Waals surface area contributed by atoms with Gasteiger partial charge in [0.2, 0.25) is 0 Å². The van der Waals surface area contributed by atoms with Crippen molar-refractivity contribution in [3.63, 3.8) is 0 Å². The molecule has 30 heavy (non-hydrogen) atoms. The lowest BCUT2D eigenvalue weighted by Gasteiger charge is -2.61. The summed E-state index contributed by atoms with van der Waals surface area (Å²) in [4.78, 5) is 17.1. The number of rotatable bonds is 4. The first-order chi connectivity index (χ1) is 14.3. The first-order valence-corrected chi connectivity index (χ1v) is 11.7. The summed E-state index contributed by atoms with van der Waals surface area (Å²) >= 11 is 0. The largest absolute Gasteiger partial charge is 0.461 e. The number of hydrogen-bond acceptors (Lipinski definition) is 4. The molecular weight excluding hydrogens is 386 g/mol. The second kappa shape index (κ2) is 6.17. The van der Waals surface area contributed by atoms with Crippen LogP contribution in [0.2, 0.25) is 0 Å². The zero-order valence-corrected chi connectivity index (χ0v) is 17.6. The molecule has 7 aliphatic carbocycles. The van der Waals surface area contributed by atoms with Gasteiger partial charge in [-0.3, -0.25) is 0 Å². The predicted octanol–water partition coefficient (Wildman–Crippen LogP) is 5.58. The Morgan fingerprint density at radius 2 is 1.70 bits per heavy atom. The number of anilines is 1. The molecule has 2 unspecified atom stereocenters. The van der Waals surface area contributed by atoms with E-state index in [9.17, 15) is 4.79 Å². The molecule has 0 aliphatic heterocycles. The fourth-order valence-corrected chi connectivity index (χ4v) is 8.16. The first kappa shape index (κ1) is 19.0. The Hall–Kier alpha value is -1.72. The highest BCUT2D eigenvalue weighted by Gasteiger charge is 2.65. The average molecular weight is 417 g/mol. The van der Waals surface area contributed by atoms with Crippen LogP contribution in [0.1, 0.15) is 105 Å². The van der Waals surface area contributed by atoms with Crippen molar-refractivity contribution in [2.45, 2.75) is 99.8 Å². The molecule has 0 aromatic carbocycles. The fourth-order valence-electron chi connectivity index (χ4n) is 8.16. The van der Waals surface area contributed by atoms with Crippen LogP contribution in [0, 0.1) is 5.92 Å². The number of carbonyl (C=O) groups is 1. The normalized spacial score (nSPS) is 42.8. The van der Waals surface area contributed by atoms with Gasteiger partial charge in [-0.1, -0.05) is 0 Å². The van der Waals surface area contributed by atoms with E-state index in [2.05, 4.69) is 10.3 Å². The van der Waals surface area contributed by atoms with E-state index in [1.165, 1.54) is 5.56 Å². The maximum atomic E-state index is 15.5. The second-order valence-corrected chi connectivity index (χ2v) is 10.8. The molecule has 162 valence electrons. The number of ether oxygens (including phenoxy) is 1. The van der Waals surface area contributed by atoms with Crippen LogP contribution >= 0.6 is 0 Å². The van der Waals surface area contributed by atoms with Crippen molar-refractivity contribution in [1.29, 1.82) is 0 Å². The van der Waals surface area contributed by atoms with E-state index >= 15 is 8.78 Å². The smallest absolute Gasteiger partial charge is 0.357 e. The van der Waals surface area contributed by atoms with Crippen LogP contribution in [-0.4, -0.2) is 34.4 Å². The summed E-state index contributed by atoms with van der Waals surface area (Å²) in [6, 6.07) is 0. The predicted molar refractivity (Wildman–Crippen MR) is 109 cm³/mol. The fraction of sp³-hybridized carbons (Fsp3) is 0.750. The van der Waals surface area contributed by atoms with Gasteiger partial charge in [-0.2, -0.15) is 0 Å². The molecule has 4 nitrogen and oxygen atoms in total. The molecule has 0 radical (unpaired) electrons. The number of fused-ring (bicyclic) bond motifs is 2. The Balaban J connectivity index is 1.41. The minimum Gasteiger partial charge on any atom is -0.461 e. The van der Waals surface area contributed by atoms with Gasteiger partial charge in [0.05, 0.1) is 18.5 Å². The molecule has 6 bridgehead atoms. The molecule has 1 N–H and O–H groups in total. The summed E-state index contributed by atoms with van der Waals surface area (Å²) in [5.74, 6) is 0.474. The van der Waals surface area contributed by atoms with Crippen molar-refractivity contribution >= 4 is 11.7 Å². The first-order valence-electron chi connectivity index (χ1n) is 11.7. The van der Waals surface area contributed by atoms with Crippen molar-refractivity contribution in [2.24, 2.45) is 5.92 Å². The molecule has 0 amide bonds. The maximum Gasteiger partial charge on any atom is 0.357 e. The molecule has 1 aromatic rings. The molecule has 1 heterocycles. The van der Waals surface area contributed by atoms with Crippen LogP contribution in [0.25, 0.3) is 0 Å². The van der Waals surface area contributed by atoms with Gasteiger partial charge in [-0.15, -0.1) is 0 Å². The highest BCUT2D eigenvalue weighted by Crippen LogP contribution is 2.63. The summed E-state index contributed by atoms with van der Waals surface area (Å²) < 4.78 is 36.2. The van der Waals surface area contributed by atoms with Gasteiger partial charge in [-0.05, 0) is 80.8 Å². The van der Waals surface area contributed by atoms with Gasteiger partial charge < -0.3 is 10.1 Å². The summed E-state index contributed by atoms with van der Waals surface area (Å²) in [6.07, 6.45) is 8.75. The average Bonchev–Trinajstić information content (AvgIpc) is 2.66. The molecule has 7 aliphatic rings. The molecule has 2 atom stereocenters. The number of nitrogens with zero attached hydrogens (tertiary/aromatic N) is 1. The molecule has 5 fully saturated rings. The Kier molecular flexibility index (Phi) is 3.91. The molecular formula is C24H30F2N2O2. The lowest BCUT2D eigenvalue weighted by atomic mass is 9.50. The Morgan fingerprint density at radius 3 is 2.30 bits per heavy atom. The lowest BCUT2D eigenvalue weighted by Crippen LogP contribution is -2.65. The van der Waals surface area contributed by atoms with E-state index in [1.807, 2.05) is 0 Å². The second-order valence-electron chi connectivity index (χ2n) is 10.8. The van der Waals surface area contributed by atoms with Gasteiger partial charge in [0.15, 0.2) is 5.69 Å². The monoisotopic (exact) mass is 416 g/mol. The Bertz CT molecular complexity index is 893. The van der Waals surface area contributed by atoms with Crippen molar-refractivity contribution < 1.29 is 18.3 Å². The third-order valence-corrected chi connectivity index (χ3v) is 8.50. The summed E-state index contributed by atoms with van der Waals surface area (Å²) in [5, 5.41) is 3.65. The molecule has 0 saturated heterocycles. The topological polar surface area (TPSA) is 51.2 Å².